The van der Waals surface area contributed by atoms with Crippen molar-refractivity contribution in [2.45, 2.75) is 58.9 Å². The van der Waals surface area contributed by atoms with Gasteiger partial charge in [0.2, 0.25) is 0 Å². The molecular weight excluding hydrogens is 386 g/mol. The van der Waals surface area contributed by atoms with Crippen LogP contribution in [0.15, 0.2) is 12.1 Å². The average molecular weight is 416 g/mol. The molecule has 0 saturated carbocycles. The van der Waals surface area contributed by atoms with Crippen molar-refractivity contribution >= 4 is 27.3 Å². The molecule has 1 fully saturated rings. The van der Waals surface area contributed by atoms with E-state index in [1.54, 1.807) is 4.90 Å². The summed E-state index contributed by atoms with van der Waals surface area (Å²) >= 11 is 6.23. The minimum Gasteiger partial charge on any atom is -0.483 e. The number of sulfone groups is 1. The summed E-state index contributed by atoms with van der Waals surface area (Å²) in [6.45, 7) is 8.52. The summed E-state index contributed by atoms with van der Waals surface area (Å²) in [5.41, 5.74) is 1.86. The van der Waals surface area contributed by atoms with Crippen LogP contribution >= 0.6 is 11.6 Å². The van der Waals surface area contributed by atoms with E-state index in [9.17, 15) is 13.2 Å². The van der Waals surface area contributed by atoms with Crippen molar-refractivity contribution in [3.05, 3.63) is 28.3 Å². The Labute approximate surface area is 167 Å². The fourth-order valence-corrected chi connectivity index (χ4v) is 5.23. The minimum atomic E-state index is -3.04. The van der Waals surface area contributed by atoms with Gasteiger partial charge in [0.25, 0.3) is 5.91 Å². The Balaban J connectivity index is 2.12. The van der Waals surface area contributed by atoms with Crippen LogP contribution in [0, 0.1) is 6.92 Å². The standard InChI is InChI=1S/C20H30ClNO4S/c1-5-6-8-22(16-7-9-27(24,25)13-16)20(23)12-26-19-10-15(4)18(21)11-17(19)14(2)3/h10-11,14,16H,5-9,12-13H2,1-4H3. The lowest BCUT2D eigenvalue weighted by molar-refractivity contribution is -0.135. The van der Waals surface area contributed by atoms with Crippen molar-refractivity contribution in [1.82, 2.24) is 4.90 Å². The highest BCUT2D eigenvalue weighted by atomic mass is 35.5. The van der Waals surface area contributed by atoms with Gasteiger partial charge >= 0.3 is 0 Å². The molecule has 1 aromatic carbocycles. The molecule has 1 atom stereocenters. The van der Waals surface area contributed by atoms with Crippen LogP contribution in [0.25, 0.3) is 0 Å². The number of carbonyl (C=O) groups excluding carboxylic acids is 1. The van der Waals surface area contributed by atoms with Crippen molar-refractivity contribution in [2.24, 2.45) is 0 Å². The van der Waals surface area contributed by atoms with Crippen LogP contribution in [0.4, 0.5) is 0 Å². The first-order valence-corrected chi connectivity index (χ1v) is 11.8. The number of hydrogen-bond acceptors (Lipinski definition) is 4. The zero-order chi connectivity index (χ0) is 20.2. The normalized spacial score (nSPS) is 18.7. The number of amides is 1. The SMILES string of the molecule is CCCCN(C(=O)COc1cc(C)c(Cl)cc1C(C)C)C1CCS(=O)(=O)C1. The Morgan fingerprint density at radius 3 is 2.63 bits per heavy atom. The summed E-state index contributed by atoms with van der Waals surface area (Å²) in [5.74, 6) is 0.925. The van der Waals surface area contributed by atoms with Gasteiger partial charge in [0.15, 0.2) is 16.4 Å². The highest BCUT2D eigenvalue weighted by Crippen LogP contribution is 2.32. The van der Waals surface area contributed by atoms with Crippen molar-refractivity contribution in [3.8, 4) is 5.75 Å². The van der Waals surface area contributed by atoms with Crippen molar-refractivity contribution in [1.29, 1.82) is 0 Å². The summed E-state index contributed by atoms with van der Waals surface area (Å²) in [6.07, 6.45) is 2.30. The third-order valence-electron chi connectivity index (χ3n) is 4.99. The second kappa shape index (κ2) is 9.28. The summed E-state index contributed by atoms with van der Waals surface area (Å²) < 4.78 is 29.5. The number of nitrogens with zero attached hydrogens (tertiary/aromatic N) is 1. The summed E-state index contributed by atoms with van der Waals surface area (Å²) in [7, 11) is -3.04. The predicted molar refractivity (Wildman–Crippen MR) is 109 cm³/mol. The Bertz CT molecular complexity index is 776. The molecule has 152 valence electrons. The topological polar surface area (TPSA) is 63.7 Å². The monoisotopic (exact) mass is 415 g/mol. The van der Waals surface area contributed by atoms with E-state index in [0.717, 1.165) is 24.0 Å². The second-order valence-electron chi connectivity index (χ2n) is 7.58. The van der Waals surface area contributed by atoms with Crippen LogP contribution in [0.5, 0.6) is 5.75 Å². The Hall–Kier alpha value is -1.27. The fourth-order valence-electron chi connectivity index (χ4n) is 3.33. The molecule has 0 aliphatic carbocycles. The first kappa shape index (κ1) is 22.0. The largest absolute Gasteiger partial charge is 0.483 e. The molecule has 1 heterocycles. The van der Waals surface area contributed by atoms with Gasteiger partial charge in [-0.05, 0) is 48.9 Å². The van der Waals surface area contributed by atoms with Gasteiger partial charge in [0.05, 0.1) is 11.5 Å². The molecule has 2 rings (SSSR count). The number of hydrogen-bond donors (Lipinski definition) is 0. The highest BCUT2D eigenvalue weighted by Gasteiger charge is 2.34. The molecule has 0 radical (unpaired) electrons. The van der Waals surface area contributed by atoms with E-state index in [1.807, 2.05) is 32.9 Å². The van der Waals surface area contributed by atoms with Crippen LogP contribution in [0.2, 0.25) is 5.02 Å². The highest BCUT2D eigenvalue weighted by molar-refractivity contribution is 7.91. The molecule has 0 N–H and O–H groups in total. The predicted octanol–water partition coefficient (Wildman–Crippen LogP) is 3.97. The molecule has 5 nitrogen and oxygen atoms in total. The number of carbonyl (C=O) groups is 1. The molecular formula is C20H30ClNO4S. The summed E-state index contributed by atoms with van der Waals surface area (Å²) in [6, 6.07) is 3.51. The molecule has 1 aliphatic heterocycles. The molecule has 1 aliphatic rings. The van der Waals surface area contributed by atoms with Crippen molar-refractivity contribution < 1.29 is 17.9 Å². The van der Waals surface area contributed by atoms with Gasteiger partial charge in [-0.1, -0.05) is 38.8 Å². The lowest BCUT2D eigenvalue weighted by Crippen LogP contribution is -2.44. The van der Waals surface area contributed by atoms with Crippen molar-refractivity contribution in [2.75, 3.05) is 24.7 Å². The third-order valence-corrected chi connectivity index (χ3v) is 7.14. The van der Waals surface area contributed by atoms with Crippen molar-refractivity contribution in [3.63, 3.8) is 0 Å². The van der Waals surface area contributed by atoms with E-state index in [2.05, 4.69) is 6.92 Å². The first-order chi connectivity index (χ1) is 12.6. The maximum absolute atomic E-state index is 12.8. The van der Waals surface area contributed by atoms with Crippen LogP contribution in [-0.2, 0) is 14.6 Å². The molecule has 0 spiro atoms. The first-order valence-electron chi connectivity index (χ1n) is 9.57. The quantitative estimate of drug-likeness (QED) is 0.644. The molecule has 1 aromatic rings. The fraction of sp³-hybridized carbons (Fsp3) is 0.650. The van der Waals surface area contributed by atoms with Crippen LogP contribution in [0.3, 0.4) is 0 Å². The molecule has 7 heteroatoms. The molecule has 0 aromatic heterocycles. The lowest BCUT2D eigenvalue weighted by Gasteiger charge is -2.28. The van der Waals surface area contributed by atoms with Crippen LogP contribution < -0.4 is 4.74 Å². The van der Waals surface area contributed by atoms with Gasteiger partial charge in [-0.15, -0.1) is 0 Å². The maximum Gasteiger partial charge on any atom is 0.260 e. The zero-order valence-electron chi connectivity index (χ0n) is 16.6. The second-order valence-corrected chi connectivity index (χ2v) is 10.2. The number of ether oxygens (including phenoxy) is 1. The Morgan fingerprint density at radius 1 is 1.37 bits per heavy atom. The van der Waals surface area contributed by atoms with E-state index in [-0.39, 0.29) is 36.0 Å². The third kappa shape index (κ3) is 5.85. The van der Waals surface area contributed by atoms with E-state index in [4.69, 9.17) is 16.3 Å². The van der Waals surface area contributed by atoms with E-state index in [1.165, 1.54) is 0 Å². The smallest absolute Gasteiger partial charge is 0.260 e. The lowest BCUT2D eigenvalue weighted by atomic mass is 10.0. The van der Waals surface area contributed by atoms with Gasteiger partial charge in [0, 0.05) is 17.6 Å². The molecule has 27 heavy (non-hydrogen) atoms. The molecule has 1 unspecified atom stereocenters. The summed E-state index contributed by atoms with van der Waals surface area (Å²) in [5, 5.41) is 0.679. The van der Waals surface area contributed by atoms with E-state index < -0.39 is 9.84 Å². The molecule has 1 amide bonds. The van der Waals surface area contributed by atoms with Gasteiger partial charge < -0.3 is 9.64 Å². The number of benzene rings is 1. The number of aryl methyl sites for hydroxylation is 1. The Kier molecular flexibility index (Phi) is 7.57. The van der Waals surface area contributed by atoms with Crippen LogP contribution in [0.1, 0.15) is 57.1 Å². The molecule has 1 saturated heterocycles. The number of unbranched alkanes of at least 4 members (excludes halogenated alkanes) is 1. The minimum absolute atomic E-state index is 0.0553. The van der Waals surface area contributed by atoms with E-state index in [0.29, 0.717) is 23.7 Å². The van der Waals surface area contributed by atoms with Crippen LogP contribution in [-0.4, -0.2) is 49.9 Å². The summed E-state index contributed by atoms with van der Waals surface area (Å²) in [4.78, 5) is 14.5. The van der Waals surface area contributed by atoms with Gasteiger partial charge in [-0.3, -0.25) is 4.79 Å². The molecule has 0 bridgehead atoms. The average Bonchev–Trinajstić information content (AvgIpc) is 2.95. The van der Waals surface area contributed by atoms with Gasteiger partial charge in [-0.25, -0.2) is 8.42 Å². The van der Waals surface area contributed by atoms with Gasteiger partial charge in [-0.2, -0.15) is 0 Å². The number of rotatable bonds is 8. The number of halogens is 1. The zero-order valence-corrected chi connectivity index (χ0v) is 18.2. The van der Waals surface area contributed by atoms with Gasteiger partial charge in [0.1, 0.15) is 5.75 Å². The van der Waals surface area contributed by atoms with E-state index >= 15 is 0 Å². The Morgan fingerprint density at radius 2 is 2.07 bits per heavy atom. The maximum atomic E-state index is 12.8.